The van der Waals surface area contributed by atoms with Crippen LogP contribution in [0.3, 0.4) is 0 Å². The normalized spacial score (nSPS) is 11.9. The Bertz CT molecular complexity index is 919. The number of benzene rings is 1. The minimum atomic E-state index is -4.79. The first-order chi connectivity index (χ1) is 13.6. The van der Waals surface area contributed by atoms with Crippen LogP contribution in [0, 0.1) is 11.6 Å². The van der Waals surface area contributed by atoms with Crippen LogP contribution in [0.15, 0.2) is 29.8 Å². The summed E-state index contributed by atoms with van der Waals surface area (Å²) in [5, 5.41) is 2.01. The van der Waals surface area contributed by atoms with Crippen LogP contribution in [0.25, 0.3) is 6.08 Å². The lowest BCUT2D eigenvalue weighted by molar-refractivity contribution is -0.137. The van der Waals surface area contributed by atoms with Gasteiger partial charge < -0.3 is 14.8 Å². The molecule has 1 N–H and O–H groups in total. The molecule has 10 heteroatoms. The molecule has 2 aromatic rings. The fourth-order valence-corrected chi connectivity index (χ4v) is 2.30. The first-order valence-electron chi connectivity index (χ1n) is 8.30. The van der Waals surface area contributed by atoms with Crippen molar-refractivity contribution in [2.45, 2.75) is 20.0 Å². The Hall–Kier alpha value is -3.17. The smallest absolute Gasteiger partial charge is 0.419 e. The summed E-state index contributed by atoms with van der Waals surface area (Å²) in [6.07, 6.45) is -3.91. The highest BCUT2D eigenvalue weighted by Crippen LogP contribution is 2.35. The second-order valence-corrected chi connectivity index (χ2v) is 5.76. The lowest BCUT2D eigenvalue weighted by Crippen LogP contribution is -2.19. The summed E-state index contributed by atoms with van der Waals surface area (Å²) in [5.41, 5.74) is -1.97. The maximum absolute atomic E-state index is 14.0. The molecule has 0 fully saturated rings. The van der Waals surface area contributed by atoms with E-state index in [1.807, 2.05) is 5.32 Å². The van der Waals surface area contributed by atoms with E-state index in [0.717, 1.165) is 30.3 Å². The third kappa shape index (κ3) is 5.43. The predicted molar refractivity (Wildman–Crippen MR) is 95.6 cm³/mol. The van der Waals surface area contributed by atoms with Crippen molar-refractivity contribution >= 4 is 17.8 Å². The molecule has 5 nitrogen and oxygen atoms in total. The largest absolute Gasteiger partial charge is 0.497 e. The van der Waals surface area contributed by atoms with Gasteiger partial charge in [-0.1, -0.05) is 0 Å². The summed E-state index contributed by atoms with van der Waals surface area (Å²) in [4.78, 5) is 16.0. The quantitative estimate of drug-likeness (QED) is 0.542. The van der Waals surface area contributed by atoms with E-state index in [2.05, 4.69) is 4.98 Å². The van der Waals surface area contributed by atoms with Gasteiger partial charge in [-0.05, 0) is 26.0 Å². The van der Waals surface area contributed by atoms with Crippen LogP contribution in [0.1, 0.15) is 25.0 Å². The van der Waals surface area contributed by atoms with Crippen molar-refractivity contribution in [2.24, 2.45) is 0 Å². The van der Waals surface area contributed by atoms with Gasteiger partial charge in [-0.25, -0.2) is 8.78 Å². The number of aromatic nitrogens is 1. The zero-order valence-electron chi connectivity index (χ0n) is 15.7. The Labute approximate surface area is 163 Å². The molecule has 0 atom stereocenters. The summed E-state index contributed by atoms with van der Waals surface area (Å²) < 4.78 is 77.4. The molecule has 1 aromatic carbocycles. The maximum Gasteiger partial charge on any atom is 0.419 e. The predicted octanol–water partition coefficient (Wildman–Crippen LogP) is 4.83. The number of anilines is 1. The molecule has 29 heavy (non-hydrogen) atoms. The lowest BCUT2D eigenvalue weighted by atomic mass is 10.1. The minimum absolute atomic E-state index is 0.0639. The molecule has 1 amide bonds. The summed E-state index contributed by atoms with van der Waals surface area (Å²) in [5.74, 6) is -3.98. The standard InChI is InChI=1S/C19H17F5N2O3/c1-4-29-16-6-5-13(19(22,23)24)17(25-16)26-18(27)10(2)7-12-14(20)8-11(28-3)9-15(12)21/h5-9H,4H2,1-3H3,(H,25,26,27)/b10-7+. The van der Waals surface area contributed by atoms with Gasteiger partial charge in [0.15, 0.2) is 0 Å². The fraction of sp³-hybridized carbons (Fsp3) is 0.263. The van der Waals surface area contributed by atoms with Gasteiger partial charge in [-0.3, -0.25) is 4.79 Å². The van der Waals surface area contributed by atoms with E-state index in [1.54, 1.807) is 6.92 Å². The van der Waals surface area contributed by atoms with Crippen molar-refractivity contribution in [1.82, 2.24) is 4.98 Å². The van der Waals surface area contributed by atoms with Crippen LogP contribution >= 0.6 is 0 Å². The van der Waals surface area contributed by atoms with Crippen LogP contribution in [0.5, 0.6) is 11.6 Å². The number of methoxy groups -OCH3 is 1. The van der Waals surface area contributed by atoms with Gasteiger partial charge in [0.05, 0.1) is 19.3 Å². The second kappa shape index (κ2) is 8.89. The number of ether oxygens (including phenoxy) is 2. The maximum atomic E-state index is 14.0. The van der Waals surface area contributed by atoms with Crippen LogP contribution in [0.2, 0.25) is 0 Å². The van der Waals surface area contributed by atoms with Gasteiger partial charge in [-0.2, -0.15) is 18.2 Å². The third-order valence-corrected chi connectivity index (χ3v) is 3.71. The third-order valence-electron chi connectivity index (χ3n) is 3.71. The molecule has 0 unspecified atom stereocenters. The van der Waals surface area contributed by atoms with E-state index in [0.29, 0.717) is 0 Å². The molecule has 0 radical (unpaired) electrons. The number of amides is 1. The van der Waals surface area contributed by atoms with Crippen molar-refractivity contribution in [2.75, 3.05) is 19.0 Å². The Morgan fingerprint density at radius 1 is 1.21 bits per heavy atom. The molecule has 1 aromatic heterocycles. The van der Waals surface area contributed by atoms with E-state index in [9.17, 15) is 26.7 Å². The van der Waals surface area contributed by atoms with E-state index in [1.165, 1.54) is 14.0 Å². The molecular formula is C19H17F5N2O3. The Balaban J connectivity index is 2.36. The first kappa shape index (κ1) is 22.1. The molecule has 0 aliphatic heterocycles. The molecule has 0 aliphatic carbocycles. The van der Waals surface area contributed by atoms with Gasteiger partial charge in [0.25, 0.3) is 5.91 Å². The number of nitrogens with zero attached hydrogens (tertiary/aromatic N) is 1. The molecular weight excluding hydrogens is 399 g/mol. The number of hydrogen-bond acceptors (Lipinski definition) is 4. The van der Waals surface area contributed by atoms with Crippen molar-refractivity contribution in [3.63, 3.8) is 0 Å². The Morgan fingerprint density at radius 3 is 2.34 bits per heavy atom. The highest BCUT2D eigenvalue weighted by molar-refractivity contribution is 6.06. The van der Waals surface area contributed by atoms with Gasteiger partial charge in [0.2, 0.25) is 5.88 Å². The van der Waals surface area contributed by atoms with Crippen molar-refractivity contribution in [3.05, 3.63) is 52.6 Å². The summed E-state index contributed by atoms with van der Waals surface area (Å²) in [7, 11) is 1.23. The minimum Gasteiger partial charge on any atom is -0.497 e. The molecule has 2 rings (SSSR count). The number of alkyl halides is 3. The van der Waals surface area contributed by atoms with Gasteiger partial charge >= 0.3 is 6.18 Å². The number of rotatable bonds is 6. The Morgan fingerprint density at radius 2 is 1.83 bits per heavy atom. The zero-order chi connectivity index (χ0) is 21.8. The van der Waals surface area contributed by atoms with Crippen LogP contribution in [0.4, 0.5) is 27.8 Å². The second-order valence-electron chi connectivity index (χ2n) is 5.76. The van der Waals surface area contributed by atoms with Gasteiger partial charge in [0.1, 0.15) is 23.2 Å². The van der Waals surface area contributed by atoms with E-state index in [-0.39, 0.29) is 23.8 Å². The van der Waals surface area contributed by atoms with Crippen molar-refractivity contribution in [1.29, 1.82) is 0 Å². The van der Waals surface area contributed by atoms with E-state index >= 15 is 0 Å². The fourth-order valence-electron chi connectivity index (χ4n) is 2.30. The zero-order valence-corrected chi connectivity index (χ0v) is 15.7. The van der Waals surface area contributed by atoms with Gasteiger partial charge in [-0.15, -0.1) is 0 Å². The Kier molecular flexibility index (Phi) is 6.78. The summed E-state index contributed by atoms with van der Waals surface area (Å²) >= 11 is 0. The average Bonchev–Trinajstić information content (AvgIpc) is 2.63. The van der Waals surface area contributed by atoms with Crippen molar-refractivity contribution < 1.29 is 36.2 Å². The molecule has 0 spiro atoms. The van der Waals surface area contributed by atoms with E-state index in [4.69, 9.17) is 9.47 Å². The van der Waals surface area contributed by atoms with Crippen LogP contribution in [-0.2, 0) is 11.0 Å². The topological polar surface area (TPSA) is 60.5 Å². The number of carbonyl (C=O) groups excluding carboxylic acids is 1. The first-order valence-corrected chi connectivity index (χ1v) is 8.30. The summed E-state index contributed by atoms with van der Waals surface area (Å²) in [6, 6.07) is 3.56. The van der Waals surface area contributed by atoms with E-state index < -0.39 is 40.7 Å². The van der Waals surface area contributed by atoms with Crippen molar-refractivity contribution in [3.8, 4) is 11.6 Å². The molecule has 0 saturated carbocycles. The lowest BCUT2D eigenvalue weighted by Gasteiger charge is -2.14. The average molecular weight is 416 g/mol. The number of halogens is 5. The van der Waals surface area contributed by atoms with Crippen LogP contribution in [-0.4, -0.2) is 24.6 Å². The molecule has 0 saturated heterocycles. The molecule has 0 aliphatic rings. The number of nitrogens with one attached hydrogen (secondary N) is 1. The molecule has 0 bridgehead atoms. The SMILES string of the molecule is CCOc1ccc(C(F)(F)F)c(NC(=O)/C(C)=C/c2c(F)cc(OC)cc2F)n1. The monoisotopic (exact) mass is 416 g/mol. The highest BCUT2D eigenvalue weighted by Gasteiger charge is 2.35. The highest BCUT2D eigenvalue weighted by atomic mass is 19.4. The molecule has 156 valence electrons. The molecule has 1 heterocycles. The number of carbonyl (C=O) groups is 1. The number of hydrogen-bond donors (Lipinski definition) is 1. The van der Waals surface area contributed by atoms with Gasteiger partial charge in [0, 0.05) is 29.3 Å². The van der Waals surface area contributed by atoms with Crippen LogP contribution < -0.4 is 14.8 Å². The number of pyridine rings is 1. The summed E-state index contributed by atoms with van der Waals surface area (Å²) in [6.45, 7) is 2.96.